The molecule has 0 aliphatic rings. The molecule has 5 heteroatoms. The fourth-order valence-electron chi connectivity index (χ4n) is 1.87. The van der Waals surface area contributed by atoms with Crippen LogP contribution in [0.5, 0.6) is 0 Å². The smallest absolute Gasteiger partial charge is 0.0738 e. The zero-order chi connectivity index (χ0) is 12.8. The molecule has 1 aromatic heterocycles. The van der Waals surface area contributed by atoms with E-state index in [0.717, 1.165) is 36.3 Å². The highest BCUT2D eigenvalue weighted by atomic mass is 79.9. The number of hydrogen-bond donors (Lipinski definition) is 1. The zero-order valence-corrected chi connectivity index (χ0v) is 12.7. The van der Waals surface area contributed by atoms with Crippen molar-refractivity contribution in [2.75, 3.05) is 19.8 Å². The summed E-state index contributed by atoms with van der Waals surface area (Å²) in [6, 6.07) is 0.339. The first-order valence-corrected chi connectivity index (χ1v) is 6.88. The lowest BCUT2D eigenvalue weighted by Gasteiger charge is -2.18. The third-order valence-corrected chi connectivity index (χ3v) is 3.75. The Morgan fingerprint density at radius 3 is 2.65 bits per heavy atom. The molecule has 0 aliphatic heterocycles. The highest BCUT2D eigenvalue weighted by Crippen LogP contribution is 2.21. The number of rotatable bonds is 7. The number of halogens is 1. The van der Waals surface area contributed by atoms with Gasteiger partial charge in [0.15, 0.2) is 0 Å². The van der Waals surface area contributed by atoms with Gasteiger partial charge in [-0.2, -0.15) is 5.10 Å². The van der Waals surface area contributed by atoms with Crippen molar-refractivity contribution in [2.24, 2.45) is 7.05 Å². The Bertz CT molecular complexity index is 352. The third-order valence-electron chi connectivity index (χ3n) is 2.72. The van der Waals surface area contributed by atoms with Crippen LogP contribution in [0.25, 0.3) is 0 Å². The predicted molar refractivity (Wildman–Crippen MR) is 73.3 cm³/mol. The van der Waals surface area contributed by atoms with E-state index in [1.54, 1.807) is 0 Å². The minimum absolute atomic E-state index is 0.339. The summed E-state index contributed by atoms with van der Waals surface area (Å²) >= 11 is 3.60. The molecule has 0 radical (unpaired) electrons. The Balaban J connectivity index is 2.70. The van der Waals surface area contributed by atoms with Gasteiger partial charge >= 0.3 is 0 Å². The largest absolute Gasteiger partial charge is 0.380 e. The molecule has 0 aromatic carbocycles. The van der Waals surface area contributed by atoms with Crippen LogP contribution in [0.3, 0.4) is 0 Å². The molecule has 1 N–H and O–H groups in total. The molecule has 0 fully saturated rings. The van der Waals surface area contributed by atoms with E-state index in [0.29, 0.717) is 6.04 Å². The van der Waals surface area contributed by atoms with Gasteiger partial charge in [0.05, 0.1) is 22.5 Å². The lowest BCUT2D eigenvalue weighted by atomic mass is 10.1. The molecule has 0 saturated heterocycles. The molecule has 1 rings (SSSR count). The summed E-state index contributed by atoms with van der Waals surface area (Å²) in [6.45, 7) is 8.59. The first-order valence-electron chi connectivity index (χ1n) is 6.09. The van der Waals surface area contributed by atoms with Gasteiger partial charge in [-0.25, -0.2) is 0 Å². The molecule has 0 bridgehead atoms. The summed E-state index contributed by atoms with van der Waals surface area (Å²) in [5, 5.41) is 7.85. The van der Waals surface area contributed by atoms with E-state index < -0.39 is 0 Å². The second-order valence-electron chi connectivity index (χ2n) is 4.09. The molecule has 98 valence electrons. The zero-order valence-electron chi connectivity index (χ0n) is 11.1. The summed E-state index contributed by atoms with van der Waals surface area (Å²) in [4.78, 5) is 0. The number of aryl methyl sites for hydroxylation is 2. The normalized spacial score (nSPS) is 13.0. The molecule has 1 heterocycles. The van der Waals surface area contributed by atoms with E-state index in [1.807, 2.05) is 25.6 Å². The van der Waals surface area contributed by atoms with Gasteiger partial charge in [-0.3, -0.25) is 4.68 Å². The first-order chi connectivity index (χ1) is 8.10. The molecule has 0 saturated carbocycles. The van der Waals surface area contributed by atoms with E-state index in [1.165, 1.54) is 5.69 Å². The first kappa shape index (κ1) is 14.7. The number of hydrogen-bond acceptors (Lipinski definition) is 3. The topological polar surface area (TPSA) is 39.1 Å². The van der Waals surface area contributed by atoms with Crippen molar-refractivity contribution in [2.45, 2.75) is 33.2 Å². The Morgan fingerprint density at radius 2 is 2.18 bits per heavy atom. The minimum atomic E-state index is 0.339. The van der Waals surface area contributed by atoms with Crippen molar-refractivity contribution in [1.82, 2.24) is 15.1 Å². The van der Waals surface area contributed by atoms with Gasteiger partial charge in [0.2, 0.25) is 0 Å². The van der Waals surface area contributed by atoms with Gasteiger partial charge in [0, 0.05) is 26.1 Å². The highest BCUT2D eigenvalue weighted by Gasteiger charge is 2.16. The maximum atomic E-state index is 5.50. The number of ether oxygens (including phenoxy) is 1. The third kappa shape index (κ3) is 4.08. The van der Waals surface area contributed by atoms with Gasteiger partial charge in [-0.15, -0.1) is 0 Å². The maximum absolute atomic E-state index is 5.50. The fourth-order valence-corrected chi connectivity index (χ4v) is 2.37. The Labute approximate surface area is 112 Å². The van der Waals surface area contributed by atoms with Gasteiger partial charge in [0.25, 0.3) is 0 Å². The van der Waals surface area contributed by atoms with Crippen LogP contribution in [0.1, 0.15) is 25.2 Å². The predicted octanol–water partition coefficient (Wildman–Crippen LogP) is 2.05. The van der Waals surface area contributed by atoms with Crippen molar-refractivity contribution in [3.05, 3.63) is 15.9 Å². The number of nitrogens with zero attached hydrogens (tertiary/aromatic N) is 2. The number of aromatic nitrogens is 2. The van der Waals surface area contributed by atoms with Crippen LogP contribution in [0, 0.1) is 6.92 Å². The second kappa shape index (κ2) is 7.13. The average molecular weight is 304 g/mol. The molecular weight excluding hydrogens is 282 g/mol. The number of likely N-dealkylation sites (N-methyl/N-ethyl adjacent to an activating group) is 1. The summed E-state index contributed by atoms with van der Waals surface area (Å²) in [5.74, 6) is 0. The van der Waals surface area contributed by atoms with Crippen LogP contribution in [0.4, 0.5) is 0 Å². The molecule has 0 amide bonds. The van der Waals surface area contributed by atoms with Gasteiger partial charge in [0.1, 0.15) is 0 Å². The Hall–Kier alpha value is -0.390. The lowest BCUT2D eigenvalue weighted by molar-refractivity contribution is 0.122. The highest BCUT2D eigenvalue weighted by molar-refractivity contribution is 9.10. The summed E-state index contributed by atoms with van der Waals surface area (Å²) in [6.07, 6.45) is 0.922. The Morgan fingerprint density at radius 1 is 1.47 bits per heavy atom. The molecule has 17 heavy (non-hydrogen) atoms. The molecule has 0 aliphatic carbocycles. The van der Waals surface area contributed by atoms with E-state index in [9.17, 15) is 0 Å². The Kier molecular flexibility index (Phi) is 6.16. The van der Waals surface area contributed by atoms with Crippen molar-refractivity contribution >= 4 is 15.9 Å². The molecule has 1 atom stereocenters. The van der Waals surface area contributed by atoms with Gasteiger partial charge < -0.3 is 10.1 Å². The fraction of sp³-hybridized carbons (Fsp3) is 0.750. The van der Waals surface area contributed by atoms with Gasteiger partial charge in [-0.05, 0) is 36.3 Å². The average Bonchev–Trinajstić information content (AvgIpc) is 2.53. The monoisotopic (exact) mass is 303 g/mol. The maximum Gasteiger partial charge on any atom is 0.0738 e. The molecule has 0 spiro atoms. The van der Waals surface area contributed by atoms with E-state index in [4.69, 9.17) is 4.74 Å². The lowest BCUT2D eigenvalue weighted by Crippen LogP contribution is -2.36. The van der Waals surface area contributed by atoms with Crippen molar-refractivity contribution in [1.29, 1.82) is 0 Å². The quantitative estimate of drug-likeness (QED) is 0.838. The van der Waals surface area contributed by atoms with E-state index in [2.05, 4.69) is 33.3 Å². The van der Waals surface area contributed by atoms with Crippen molar-refractivity contribution < 1.29 is 4.74 Å². The molecule has 4 nitrogen and oxygen atoms in total. The number of nitrogens with one attached hydrogen (secondary N) is 1. The van der Waals surface area contributed by atoms with Crippen LogP contribution in [-0.2, 0) is 18.2 Å². The van der Waals surface area contributed by atoms with E-state index >= 15 is 0 Å². The van der Waals surface area contributed by atoms with Crippen LogP contribution in [0.2, 0.25) is 0 Å². The van der Waals surface area contributed by atoms with Crippen LogP contribution in [-0.4, -0.2) is 35.6 Å². The minimum Gasteiger partial charge on any atom is -0.380 e. The SMILES string of the molecule is CCNC(COCC)Cc1c(Br)c(C)nn1C. The van der Waals surface area contributed by atoms with Crippen LogP contribution >= 0.6 is 15.9 Å². The molecular formula is C12H22BrN3O. The van der Waals surface area contributed by atoms with Gasteiger partial charge in [-0.1, -0.05) is 6.92 Å². The van der Waals surface area contributed by atoms with Crippen molar-refractivity contribution in [3.63, 3.8) is 0 Å². The van der Waals surface area contributed by atoms with E-state index in [-0.39, 0.29) is 0 Å². The van der Waals surface area contributed by atoms with Crippen molar-refractivity contribution in [3.8, 4) is 0 Å². The van der Waals surface area contributed by atoms with Crippen LogP contribution in [0.15, 0.2) is 4.47 Å². The summed E-state index contributed by atoms with van der Waals surface area (Å²) in [5.41, 5.74) is 2.25. The molecule has 1 unspecified atom stereocenters. The summed E-state index contributed by atoms with van der Waals surface area (Å²) in [7, 11) is 1.98. The molecule has 1 aromatic rings. The standard InChI is InChI=1S/C12H22BrN3O/c1-5-14-10(8-17-6-2)7-11-12(13)9(3)15-16(11)4/h10,14H,5-8H2,1-4H3. The second-order valence-corrected chi connectivity index (χ2v) is 4.88. The summed E-state index contributed by atoms with van der Waals surface area (Å²) < 4.78 is 8.55. The van der Waals surface area contributed by atoms with Crippen LogP contribution < -0.4 is 5.32 Å².